The minimum Gasteiger partial charge on any atom is -0.349 e. The molecule has 6 heteroatoms. The Morgan fingerprint density at radius 3 is 2.53 bits per heavy atom. The standard InChI is InChI=1S/C24H29N5O/c1-16(2)21-6-4-5-18-15-25-24(28-22(18)21)27-19-9-7-17(8-10-19)23(30)26-20-11-13-29(3)14-12-20/h4-10,15-16,20H,11-14H2,1-3H3,(H,26,30)(H,25,27,28). The van der Waals surface area contributed by atoms with Gasteiger partial charge in [-0.05, 0) is 68.7 Å². The highest BCUT2D eigenvalue weighted by molar-refractivity contribution is 5.94. The lowest BCUT2D eigenvalue weighted by Crippen LogP contribution is -2.43. The van der Waals surface area contributed by atoms with Gasteiger partial charge in [0.15, 0.2) is 0 Å². The van der Waals surface area contributed by atoms with E-state index in [0.29, 0.717) is 17.4 Å². The second kappa shape index (κ2) is 8.79. The Morgan fingerprint density at radius 2 is 1.83 bits per heavy atom. The van der Waals surface area contributed by atoms with Crippen LogP contribution in [0.5, 0.6) is 0 Å². The van der Waals surface area contributed by atoms with Crippen molar-refractivity contribution < 1.29 is 4.79 Å². The molecule has 0 aliphatic carbocycles. The van der Waals surface area contributed by atoms with E-state index in [2.05, 4.69) is 47.5 Å². The molecule has 1 aliphatic heterocycles. The number of carbonyl (C=O) groups is 1. The SMILES string of the molecule is CC(C)c1cccc2cnc(Nc3ccc(C(=O)NC4CCN(C)CC4)cc3)nc12. The monoisotopic (exact) mass is 403 g/mol. The molecule has 1 fully saturated rings. The van der Waals surface area contributed by atoms with Gasteiger partial charge in [0, 0.05) is 28.9 Å². The summed E-state index contributed by atoms with van der Waals surface area (Å²) in [5.74, 6) is 0.928. The Bertz CT molecular complexity index is 1020. The molecule has 3 aromatic rings. The molecule has 0 bridgehead atoms. The van der Waals surface area contributed by atoms with Gasteiger partial charge in [0.25, 0.3) is 5.91 Å². The molecule has 0 saturated carbocycles. The number of likely N-dealkylation sites (tertiary alicyclic amines) is 1. The van der Waals surface area contributed by atoms with E-state index < -0.39 is 0 Å². The zero-order chi connectivity index (χ0) is 21.1. The third-order valence-electron chi connectivity index (χ3n) is 5.72. The van der Waals surface area contributed by atoms with Crippen LogP contribution in [0.3, 0.4) is 0 Å². The van der Waals surface area contributed by atoms with Crippen molar-refractivity contribution in [3.05, 3.63) is 59.8 Å². The Hall–Kier alpha value is -2.99. The first-order valence-electron chi connectivity index (χ1n) is 10.6. The molecule has 2 heterocycles. The van der Waals surface area contributed by atoms with Crippen LogP contribution in [0.1, 0.15) is 48.5 Å². The van der Waals surface area contributed by atoms with Crippen LogP contribution in [0.25, 0.3) is 10.9 Å². The maximum atomic E-state index is 12.5. The molecule has 0 atom stereocenters. The van der Waals surface area contributed by atoms with E-state index in [1.807, 2.05) is 42.6 Å². The largest absolute Gasteiger partial charge is 0.349 e. The number of piperidine rings is 1. The van der Waals surface area contributed by atoms with E-state index in [4.69, 9.17) is 4.98 Å². The summed E-state index contributed by atoms with van der Waals surface area (Å²) >= 11 is 0. The van der Waals surface area contributed by atoms with Crippen LogP contribution in [-0.2, 0) is 0 Å². The number of nitrogens with one attached hydrogen (secondary N) is 2. The average molecular weight is 404 g/mol. The zero-order valence-corrected chi connectivity index (χ0v) is 17.9. The number of amides is 1. The molecule has 2 N–H and O–H groups in total. The minimum atomic E-state index is -0.0142. The van der Waals surface area contributed by atoms with Gasteiger partial charge in [-0.15, -0.1) is 0 Å². The van der Waals surface area contributed by atoms with E-state index in [-0.39, 0.29) is 11.9 Å². The molecule has 1 saturated heterocycles. The normalized spacial score (nSPS) is 15.5. The van der Waals surface area contributed by atoms with Crippen LogP contribution < -0.4 is 10.6 Å². The van der Waals surface area contributed by atoms with Crippen molar-refractivity contribution in [2.75, 3.05) is 25.5 Å². The highest BCUT2D eigenvalue weighted by Gasteiger charge is 2.19. The lowest BCUT2D eigenvalue weighted by Gasteiger charge is -2.29. The van der Waals surface area contributed by atoms with Gasteiger partial charge in [-0.1, -0.05) is 32.0 Å². The smallest absolute Gasteiger partial charge is 0.251 e. The van der Waals surface area contributed by atoms with Gasteiger partial charge in [-0.2, -0.15) is 0 Å². The second-order valence-electron chi connectivity index (χ2n) is 8.39. The van der Waals surface area contributed by atoms with Gasteiger partial charge in [-0.25, -0.2) is 9.97 Å². The van der Waals surface area contributed by atoms with E-state index in [9.17, 15) is 4.79 Å². The number of benzene rings is 2. The highest BCUT2D eigenvalue weighted by atomic mass is 16.1. The highest BCUT2D eigenvalue weighted by Crippen LogP contribution is 2.25. The molecule has 0 unspecified atom stereocenters. The Morgan fingerprint density at radius 1 is 1.10 bits per heavy atom. The van der Waals surface area contributed by atoms with Gasteiger partial charge in [0.1, 0.15) is 0 Å². The van der Waals surface area contributed by atoms with Crippen molar-refractivity contribution in [3.63, 3.8) is 0 Å². The van der Waals surface area contributed by atoms with Crippen LogP contribution in [0, 0.1) is 0 Å². The van der Waals surface area contributed by atoms with Gasteiger partial charge < -0.3 is 15.5 Å². The molecular weight excluding hydrogens is 374 g/mol. The summed E-state index contributed by atoms with van der Waals surface area (Å²) in [7, 11) is 2.12. The number of nitrogens with zero attached hydrogens (tertiary/aromatic N) is 3. The molecule has 1 aromatic heterocycles. The van der Waals surface area contributed by atoms with Crippen LogP contribution in [0.4, 0.5) is 11.6 Å². The third-order valence-corrected chi connectivity index (χ3v) is 5.72. The summed E-state index contributed by atoms with van der Waals surface area (Å²) in [4.78, 5) is 24.0. The maximum Gasteiger partial charge on any atom is 0.251 e. The quantitative estimate of drug-likeness (QED) is 0.664. The zero-order valence-electron chi connectivity index (χ0n) is 17.9. The topological polar surface area (TPSA) is 70.2 Å². The molecular formula is C24H29N5O. The summed E-state index contributed by atoms with van der Waals surface area (Å²) in [6.07, 6.45) is 3.85. The molecule has 156 valence electrons. The summed E-state index contributed by atoms with van der Waals surface area (Å²) in [5, 5.41) is 7.44. The van der Waals surface area contributed by atoms with Gasteiger partial charge in [0.05, 0.1) is 5.52 Å². The van der Waals surface area contributed by atoms with E-state index in [1.54, 1.807) is 0 Å². The van der Waals surface area contributed by atoms with E-state index >= 15 is 0 Å². The van der Waals surface area contributed by atoms with Crippen molar-refractivity contribution in [2.24, 2.45) is 0 Å². The molecule has 30 heavy (non-hydrogen) atoms. The van der Waals surface area contributed by atoms with Crippen LogP contribution in [0.15, 0.2) is 48.7 Å². The van der Waals surface area contributed by atoms with Crippen molar-refractivity contribution in [1.82, 2.24) is 20.2 Å². The van der Waals surface area contributed by atoms with Gasteiger partial charge >= 0.3 is 0 Å². The third kappa shape index (κ3) is 4.60. The molecule has 6 nitrogen and oxygen atoms in total. The number of aromatic nitrogens is 2. The van der Waals surface area contributed by atoms with Crippen LogP contribution in [-0.4, -0.2) is 47.0 Å². The van der Waals surface area contributed by atoms with Crippen molar-refractivity contribution in [2.45, 2.75) is 38.6 Å². The summed E-state index contributed by atoms with van der Waals surface area (Å²) < 4.78 is 0. The fourth-order valence-corrected chi connectivity index (χ4v) is 3.86. The average Bonchev–Trinajstić information content (AvgIpc) is 2.75. The van der Waals surface area contributed by atoms with Gasteiger partial charge in [-0.3, -0.25) is 4.79 Å². The summed E-state index contributed by atoms with van der Waals surface area (Å²) in [6, 6.07) is 13.9. The lowest BCUT2D eigenvalue weighted by molar-refractivity contribution is 0.0917. The van der Waals surface area contributed by atoms with Crippen molar-refractivity contribution in [1.29, 1.82) is 0 Å². The number of hydrogen-bond acceptors (Lipinski definition) is 5. The van der Waals surface area contributed by atoms with Crippen LogP contribution >= 0.6 is 0 Å². The van der Waals surface area contributed by atoms with Crippen molar-refractivity contribution in [3.8, 4) is 0 Å². The number of fused-ring (bicyclic) bond motifs is 1. The molecule has 4 rings (SSSR count). The number of para-hydroxylation sites is 1. The van der Waals surface area contributed by atoms with Crippen LogP contribution in [0.2, 0.25) is 0 Å². The Kier molecular flexibility index (Phi) is 5.95. The summed E-state index contributed by atoms with van der Waals surface area (Å²) in [5.41, 5.74) is 3.70. The fourth-order valence-electron chi connectivity index (χ4n) is 3.86. The lowest BCUT2D eigenvalue weighted by atomic mass is 10.0. The fraction of sp³-hybridized carbons (Fsp3) is 0.375. The number of hydrogen-bond donors (Lipinski definition) is 2. The number of rotatable bonds is 5. The Balaban J connectivity index is 1.44. The predicted molar refractivity (Wildman–Crippen MR) is 121 cm³/mol. The van der Waals surface area contributed by atoms with Crippen molar-refractivity contribution >= 4 is 28.4 Å². The first kappa shape index (κ1) is 20.3. The van der Waals surface area contributed by atoms with E-state index in [0.717, 1.165) is 42.5 Å². The number of anilines is 2. The first-order chi connectivity index (χ1) is 14.5. The first-order valence-corrected chi connectivity index (χ1v) is 10.6. The molecule has 1 aliphatic rings. The number of carbonyl (C=O) groups excluding carboxylic acids is 1. The molecule has 1 amide bonds. The Labute approximate surface area is 177 Å². The predicted octanol–water partition coefficient (Wildman–Crippen LogP) is 4.32. The molecule has 0 spiro atoms. The molecule has 0 radical (unpaired) electrons. The second-order valence-corrected chi connectivity index (χ2v) is 8.39. The summed E-state index contributed by atoms with van der Waals surface area (Å²) in [6.45, 7) is 6.38. The molecule has 2 aromatic carbocycles. The maximum absolute atomic E-state index is 12.5. The van der Waals surface area contributed by atoms with E-state index in [1.165, 1.54) is 5.56 Å². The minimum absolute atomic E-state index is 0.0142. The van der Waals surface area contributed by atoms with Gasteiger partial charge in [0.2, 0.25) is 5.95 Å².